The number of carbonyl (C=O) groups excluding carboxylic acids is 2. The van der Waals surface area contributed by atoms with E-state index in [1.54, 1.807) is 12.4 Å². The average Bonchev–Trinajstić information content (AvgIpc) is 2.91. The summed E-state index contributed by atoms with van der Waals surface area (Å²) < 4.78 is 5.40. The summed E-state index contributed by atoms with van der Waals surface area (Å²) in [4.78, 5) is 43.3. The summed E-state index contributed by atoms with van der Waals surface area (Å²) in [5.41, 5.74) is 1.15. The second kappa shape index (κ2) is 11.3. The van der Waals surface area contributed by atoms with E-state index in [2.05, 4.69) is 20.2 Å². The number of nitrogens with zero attached hydrogens (tertiary/aromatic N) is 5. The van der Waals surface area contributed by atoms with E-state index in [9.17, 15) is 9.59 Å². The Labute approximate surface area is 233 Å². The van der Waals surface area contributed by atoms with Crippen molar-refractivity contribution in [1.82, 2.24) is 25.2 Å². The van der Waals surface area contributed by atoms with Gasteiger partial charge in [-0.25, -0.2) is 14.8 Å². The van der Waals surface area contributed by atoms with Crippen LogP contribution in [0.2, 0.25) is 5.15 Å². The number of aromatic nitrogens is 3. The number of ether oxygens (including phenoxy) is 1. The second-order valence-electron chi connectivity index (χ2n) is 11.3. The molecular formula is C29H35ClN6O3. The lowest BCUT2D eigenvalue weighted by molar-refractivity contribution is -0.137. The molecule has 1 atom stereocenters. The molecule has 0 saturated carbocycles. The van der Waals surface area contributed by atoms with E-state index in [4.69, 9.17) is 21.3 Å². The average molecular weight is 551 g/mol. The van der Waals surface area contributed by atoms with Crippen LogP contribution in [-0.4, -0.2) is 69.7 Å². The Balaban J connectivity index is 1.25. The van der Waals surface area contributed by atoms with Gasteiger partial charge < -0.3 is 19.9 Å². The Kier molecular flexibility index (Phi) is 7.88. The number of pyridine rings is 3. The third-order valence-corrected chi connectivity index (χ3v) is 7.44. The highest BCUT2D eigenvalue weighted by Gasteiger charge is 2.33. The fourth-order valence-electron chi connectivity index (χ4n) is 5.40. The topological polar surface area (TPSA) is 101 Å². The number of hydrogen-bond acceptors (Lipinski definition) is 7. The smallest absolute Gasteiger partial charge is 0.407 e. The van der Waals surface area contributed by atoms with Crippen molar-refractivity contribution in [2.75, 3.05) is 31.1 Å². The standard InChI is InChI=1S/C29H35ClN6O3/c1-29(2,3)39-28(38)33-22-5-4-12-36(18-22)27(37)19-8-13-35(14-9-19)26-23-7-10-31-17-21(23)15-24(34-26)20-6-11-32-25(30)16-20/h6-7,10-11,15-17,19,22H,4-5,8-9,12-14,18H2,1-3H3,(H,33,38)/t22-/m0/s1. The first kappa shape index (κ1) is 27.1. The monoisotopic (exact) mass is 550 g/mol. The Morgan fingerprint density at radius 3 is 2.62 bits per heavy atom. The molecule has 3 aromatic heterocycles. The van der Waals surface area contributed by atoms with Gasteiger partial charge in [-0.1, -0.05) is 11.6 Å². The molecule has 0 spiro atoms. The lowest BCUT2D eigenvalue weighted by Gasteiger charge is -2.38. The molecule has 2 amide bonds. The highest BCUT2D eigenvalue weighted by molar-refractivity contribution is 6.29. The predicted molar refractivity (Wildman–Crippen MR) is 152 cm³/mol. The molecule has 0 aromatic carbocycles. The van der Waals surface area contributed by atoms with Crippen LogP contribution in [0.3, 0.4) is 0 Å². The molecule has 0 bridgehead atoms. The van der Waals surface area contributed by atoms with Gasteiger partial charge in [0.05, 0.1) is 5.69 Å². The first-order valence-corrected chi connectivity index (χ1v) is 13.9. The van der Waals surface area contributed by atoms with Crippen molar-refractivity contribution in [3.05, 3.63) is 48.0 Å². The minimum atomic E-state index is -0.552. The van der Waals surface area contributed by atoms with Crippen LogP contribution < -0.4 is 10.2 Å². The number of likely N-dealkylation sites (tertiary alicyclic amines) is 1. The number of halogens is 1. The molecule has 0 unspecified atom stereocenters. The van der Waals surface area contributed by atoms with Crippen molar-refractivity contribution < 1.29 is 14.3 Å². The maximum Gasteiger partial charge on any atom is 0.407 e. The van der Waals surface area contributed by atoms with Crippen LogP contribution in [0.5, 0.6) is 0 Å². The summed E-state index contributed by atoms with van der Waals surface area (Å²) in [6, 6.07) is 7.63. The van der Waals surface area contributed by atoms with E-state index < -0.39 is 11.7 Å². The van der Waals surface area contributed by atoms with Crippen LogP contribution in [0.15, 0.2) is 42.9 Å². The first-order valence-electron chi connectivity index (χ1n) is 13.6. The number of nitrogens with one attached hydrogen (secondary N) is 1. The largest absolute Gasteiger partial charge is 0.444 e. The SMILES string of the molecule is CC(C)(C)OC(=O)N[C@H]1CCCN(C(=O)C2CCN(c3nc(-c4ccnc(Cl)c4)cc4cnccc34)CC2)C1. The zero-order valence-corrected chi connectivity index (χ0v) is 23.4. The number of fused-ring (bicyclic) bond motifs is 1. The molecule has 206 valence electrons. The number of rotatable bonds is 4. The Hall–Kier alpha value is -3.46. The second-order valence-corrected chi connectivity index (χ2v) is 11.7. The Morgan fingerprint density at radius 2 is 1.87 bits per heavy atom. The van der Waals surface area contributed by atoms with E-state index in [0.717, 1.165) is 73.2 Å². The van der Waals surface area contributed by atoms with Crippen LogP contribution in [0.25, 0.3) is 22.0 Å². The molecular weight excluding hydrogens is 516 g/mol. The minimum Gasteiger partial charge on any atom is -0.444 e. The Morgan fingerprint density at radius 1 is 1.08 bits per heavy atom. The van der Waals surface area contributed by atoms with Crippen LogP contribution in [0.4, 0.5) is 10.6 Å². The number of carbonyl (C=O) groups is 2. The fraction of sp³-hybridized carbons (Fsp3) is 0.483. The van der Waals surface area contributed by atoms with E-state index in [-0.39, 0.29) is 17.9 Å². The molecule has 3 aromatic rings. The number of piperidine rings is 2. The summed E-state index contributed by atoms with van der Waals surface area (Å²) in [6.07, 6.45) is 8.08. The van der Waals surface area contributed by atoms with Crippen LogP contribution in [0, 0.1) is 5.92 Å². The molecule has 2 aliphatic heterocycles. The van der Waals surface area contributed by atoms with Crippen LogP contribution >= 0.6 is 11.6 Å². The van der Waals surface area contributed by atoms with Crippen molar-refractivity contribution in [2.24, 2.45) is 5.92 Å². The predicted octanol–water partition coefficient (Wildman–Crippen LogP) is 5.08. The third-order valence-electron chi connectivity index (χ3n) is 7.23. The third kappa shape index (κ3) is 6.58. The lowest BCUT2D eigenvalue weighted by Crippen LogP contribution is -2.52. The zero-order chi connectivity index (χ0) is 27.6. The number of amides is 2. The Bertz CT molecular complexity index is 1350. The van der Waals surface area contributed by atoms with Crippen LogP contribution in [-0.2, 0) is 9.53 Å². The molecule has 9 nitrogen and oxygen atoms in total. The molecule has 5 heterocycles. The van der Waals surface area contributed by atoms with Crippen molar-refractivity contribution in [1.29, 1.82) is 0 Å². The highest BCUT2D eigenvalue weighted by Crippen LogP contribution is 2.33. The fourth-order valence-corrected chi connectivity index (χ4v) is 5.57. The van der Waals surface area contributed by atoms with Crippen molar-refractivity contribution in [2.45, 2.75) is 58.1 Å². The van der Waals surface area contributed by atoms with Gasteiger partial charge in [-0.05, 0) is 70.7 Å². The van der Waals surface area contributed by atoms with E-state index in [1.165, 1.54) is 0 Å². The van der Waals surface area contributed by atoms with Gasteiger partial charge in [-0.3, -0.25) is 9.78 Å². The molecule has 0 radical (unpaired) electrons. The maximum atomic E-state index is 13.5. The van der Waals surface area contributed by atoms with Gasteiger partial charge in [-0.15, -0.1) is 0 Å². The molecule has 0 aliphatic carbocycles. The number of anilines is 1. The zero-order valence-electron chi connectivity index (χ0n) is 22.7. The molecule has 10 heteroatoms. The quantitative estimate of drug-likeness (QED) is 0.452. The normalized spacial score (nSPS) is 18.7. The summed E-state index contributed by atoms with van der Waals surface area (Å²) >= 11 is 6.15. The van der Waals surface area contributed by atoms with Crippen molar-refractivity contribution >= 4 is 40.2 Å². The van der Waals surface area contributed by atoms with Crippen molar-refractivity contribution in [3.8, 4) is 11.3 Å². The minimum absolute atomic E-state index is 0.0448. The summed E-state index contributed by atoms with van der Waals surface area (Å²) in [5.74, 6) is 1.02. The molecule has 2 saturated heterocycles. The summed E-state index contributed by atoms with van der Waals surface area (Å²) in [7, 11) is 0. The maximum absolute atomic E-state index is 13.5. The lowest BCUT2D eigenvalue weighted by atomic mass is 9.93. The van der Waals surface area contributed by atoms with E-state index in [1.807, 2.05) is 56.1 Å². The highest BCUT2D eigenvalue weighted by atomic mass is 35.5. The van der Waals surface area contributed by atoms with Gasteiger partial charge in [0.1, 0.15) is 16.6 Å². The first-order chi connectivity index (χ1) is 18.7. The van der Waals surface area contributed by atoms with Gasteiger partial charge >= 0.3 is 6.09 Å². The summed E-state index contributed by atoms with van der Waals surface area (Å²) in [6.45, 7) is 8.24. The van der Waals surface area contributed by atoms with Gasteiger partial charge in [0, 0.05) is 73.1 Å². The van der Waals surface area contributed by atoms with Crippen molar-refractivity contribution in [3.63, 3.8) is 0 Å². The molecule has 39 heavy (non-hydrogen) atoms. The number of hydrogen-bond donors (Lipinski definition) is 1. The number of alkyl carbamates (subject to hydrolysis) is 1. The van der Waals surface area contributed by atoms with Gasteiger partial charge in [0.25, 0.3) is 0 Å². The molecule has 2 aliphatic rings. The van der Waals surface area contributed by atoms with Crippen LogP contribution in [0.1, 0.15) is 46.5 Å². The van der Waals surface area contributed by atoms with E-state index >= 15 is 0 Å². The summed E-state index contributed by atoms with van der Waals surface area (Å²) in [5, 5.41) is 5.39. The van der Waals surface area contributed by atoms with E-state index in [0.29, 0.717) is 11.7 Å². The van der Waals surface area contributed by atoms with Gasteiger partial charge in [0.15, 0.2) is 0 Å². The molecule has 1 N–H and O–H groups in total. The molecule has 5 rings (SSSR count). The van der Waals surface area contributed by atoms with Gasteiger partial charge in [0.2, 0.25) is 5.91 Å². The van der Waals surface area contributed by atoms with Gasteiger partial charge in [-0.2, -0.15) is 0 Å². The molecule has 2 fully saturated rings.